The second-order valence-electron chi connectivity index (χ2n) is 15.5. The Hall–Kier alpha value is -1.58. The second kappa shape index (κ2) is 7.29. The van der Waals surface area contributed by atoms with E-state index in [0.29, 0.717) is 17.8 Å². The molecule has 5 aliphatic carbocycles. The van der Waals surface area contributed by atoms with E-state index in [1.165, 1.54) is 24.1 Å². The van der Waals surface area contributed by atoms with Crippen molar-refractivity contribution < 1.29 is 9.53 Å². The van der Waals surface area contributed by atoms with Gasteiger partial charge in [-0.25, -0.2) is 0 Å². The van der Waals surface area contributed by atoms with Gasteiger partial charge in [0.25, 0.3) is 0 Å². The van der Waals surface area contributed by atoms with Gasteiger partial charge in [0.2, 0.25) is 0 Å². The Morgan fingerprint density at radius 3 is 2.44 bits per heavy atom. The van der Waals surface area contributed by atoms with E-state index in [1.807, 2.05) is 0 Å². The number of hydrogen-bond donors (Lipinski definition) is 1. The Balaban J connectivity index is 1.46. The molecule has 198 valence electrons. The van der Waals surface area contributed by atoms with Crippen LogP contribution in [0, 0.1) is 44.8 Å². The minimum Gasteiger partial charge on any atom is -0.469 e. The van der Waals surface area contributed by atoms with E-state index in [2.05, 4.69) is 70.9 Å². The standard InChI is InChI=1S/C32H48N2O2/c1-27(2)13-15-32(26(35)36-8)16-14-30(6)21(22(32)18-27)9-10-24-29(5)17-20-19-33-34-25(20)28(3,4)23(29)11-12-31(24,30)7/h9,19,22-24H,10-18H2,1-8H3,(H,33,34)/t22-,23-,24+,29-,30+,31+,32-/m0/s1. The molecule has 6 rings (SSSR count). The summed E-state index contributed by atoms with van der Waals surface area (Å²) < 4.78 is 5.52. The van der Waals surface area contributed by atoms with Crippen LogP contribution in [-0.4, -0.2) is 23.3 Å². The summed E-state index contributed by atoms with van der Waals surface area (Å²) in [5.41, 5.74) is 5.12. The van der Waals surface area contributed by atoms with Gasteiger partial charge in [0, 0.05) is 11.1 Å². The fourth-order valence-corrected chi connectivity index (χ4v) is 11.2. The van der Waals surface area contributed by atoms with E-state index in [4.69, 9.17) is 4.74 Å². The molecule has 0 radical (unpaired) electrons. The van der Waals surface area contributed by atoms with Crippen molar-refractivity contribution in [1.29, 1.82) is 0 Å². The van der Waals surface area contributed by atoms with Crippen LogP contribution in [0.4, 0.5) is 0 Å². The molecule has 0 saturated heterocycles. The minimum atomic E-state index is -0.321. The zero-order valence-corrected chi connectivity index (χ0v) is 24.0. The fourth-order valence-electron chi connectivity index (χ4n) is 11.2. The molecule has 0 amide bonds. The summed E-state index contributed by atoms with van der Waals surface area (Å²) in [6.45, 7) is 17.6. The molecule has 4 heteroatoms. The number of aromatic nitrogens is 2. The maximum Gasteiger partial charge on any atom is 0.312 e. The van der Waals surface area contributed by atoms with Crippen molar-refractivity contribution in [1.82, 2.24) is 10.2 Å². The molecule has 1 heterocycles. The van der Waals surface area contributed by atoms with Crippen LogP contribution in [0.25, 0.3) is 0 Å². The SMILES string of the molecule is COC(=O)[C@]12CCC(C)(C)C[C@H]1C1=CC[C@@H]3[C@@]4(C)Cc5cn[nH]c5C(C)(C)[C@@H]4CC[C@@]3(C)[C@]1(C)CC2. The predicted octanol–water partition coefficient (Wildman–Crippen LogP) is 7.40. The summed E-state index contributed by atoms with van der Waals surface area (Å²) in [5, 5.41) is 7.88. The summed E-state index contributed by atoms with van der Waals surface area (Å²) >= 11 is 0. The number of carbonyl (C=O) groups is 1. The van der Waals surface area contributed by atoms with E-state index in [9.17, 15) is 4.79 Å². The van der Waals surface area contributed by atoms with E-state index in [1.54, 1.807) is 12.7 Å². The van der Waals surface area contributed by atoms with Gasteiger partial charge in [-0.05, 0) is 103 Å². The number of fused-ring (bicyclic) bond motifs is 8. The van der Waals surface area contributed by atoms with E-state index in [-0.39, 0.29) is 38.5 Å². The molecule has 36 heavy (non-hydrogen) atoms. The molecule has 0 unspecified atom stereocenters. The number of hydrogen-bond acceptors (Lipinski definition) is 3. The first-order valence-corrected chi connectivity index (χ1v) is 14.6. The molecule has 0 spiro atoms. The van der Waals surface area contributed by atoms with E-state index >= 15 is 0 Å². The molecule has 3 saturated carbocycles. The summed E-state index contributed by atoms with van der Waals surface area (Å²) in [4.78, 5) is 13.4. The van der Waals surface area contributed by atoms with Crippen LogP contribution < -0.4 is 0 Å². The van der Waals surface area contributed by atoms with Gasteiger partial charge in [0.05, 0.1) is 18.7 Å². The molecular formula is C32H48N2O2. The molecule has 1 aromatic heterocycles. The Kier molecular flexibility index (Phi) is 5.01. The Bertz CT molecular complexity index is 1130. The number of methoxy groups -OCH3 is 1. The van der Waals surface area contributed by atoms with Crippen LogP contribution in [0.3, 0.4) is 0 Å². The molecule has 0 aromatic carbocycles. The number of esters is 1. The third kappa shape index (κ3) is 2.83. The third-order valence-electron chi connectivity index (χ3n) is 13.3. The quantitative estimate of drug-likeness (QED) is 0.328. The van der Waals surface area contributed by atoms with Crippen molar-refractivity contribution in [2.45, 2.75) is 112 Å². The second-order valence-corrected chi connectivity index (χ2v) is 15.5. The first-order chi connectivity index (χ1) is 16.8. The van der Waals surface area contributed by atoms with Crippen molar-refractivity contribution in [3.8, 4) is 0 Å². The zero-order chi connectivity index (χ0) is 25.9. The van der Waals surface area contributed by atoms with Crippen LogP contribution in [-0.2, 0) is 21.4 Å². The van der Waals surface area contributed by atoms with Crippen LogP contribution in [0.2, 0.25) is 0 Å². The molecule has 1 N–H and O–H groups in total. The van der Waals surface area contributed by atoms with Crippen LogP contribution >= 0.6 is 0 Å². The van der Waals surface area contributed by atoms with Crippen LogP contribution in [0.5, 0.6) is 0 Å². The lowest BCUT2D eigenvalue weighted by Gasteiger charge is -2.70. The molecule has 7 atom stereocenters. The number of rotatable bonds is 1. The number of carbonyl (C=O) groups excluding carboxylic acids is 1. The summed E-state index contributed by atoms with van der Waals surface area (Å²) in [7, 11) is 1.60. The van der Waals surface area contributed by atoms with E-state index in [0.717, 1.165) is 44.9 Å². The lowest BCUT2D eigenvalue weighted by Crippen LogP contribution is -2.64. The molecule has 4 nitrogen and oxygen atoms in total. The first-order valence-electron chi connectivity index (χ1n) is 14.6. The molecule has 1 aromatic rings. The molecule has 0 bridgehead atoms. The molecular weight excluding hydrogens is 444 g/mol. The molecule has 3 fully saturated rings. The normalized spacial score (nSPS) is 46.2. The smallest absolute Gasteiger partial charge is 0.312 e. The highest BCUT2D eigenvalue weighted by Gasteiger charge is 2.69. The van der Waals surface area contributed by atoms with Gasteiger partial charge in [-0.2, -0.15) is 5.10 Å². The fraction of sp³-hybridized carbons (Fsp3) is 0.812. The number of aromatic amines is 1. The van der Waals surface area contributed by atoms with Gasteiger partial charge >= 0.3 is 5.97 Å². The number of nitrogens with one attached hydrogen (secondary N) is 1. The van der Waals surface area contributed by atoms with Crippen molar-refractivity contribution in [3.05, 3.63) is 29.1 Å². The summed E-state index contributed by atoms with van der Waals surface area (Å²) in [6.07, 6.45) is 14.9. The number of ether oxygens (including phenoxy) is 1. The van der Waals surface area contributed by atoms with Crippen molar-refractivity contribution in [2.24, 2.45) is 44.8 Å². The number of H-pyrrole nitrogens is 1. The highest BCUT2D eigenvalue weighted by atomic mass is 16.5. The van der Waals surface area contributed by atoms with Gasteiger partial charge in [0.1, 0.15) is 0 Å². The van der Waals surface area contributed by atoms with Crippen molar-refractivity contribution in [3.63, 3.8) is 0 Å². The van der Waals surface area contributed by atoms with Crippen LogP contribution in [0.1, 0.15) is 111 Å². The van der Waals surface area contributed by atoms with Crippen molar-refractivity contribution >= 4 is 5.97 Å². The minimum absolute atomic E-state index is 0.0513. The highest BCUT2D eigenvalue weighted by Crippen LogP contribution is 2.75. The molecule has 5 aliphatic rings. The monoisotopic (exact) mass is 492 g/mol. The molecule has 0 aliphatic heterocycles. The first kappa shape index (κ1) is 24.7. The van der Waals surface area contributed by atoms with Crippen molar-refractivity contribution in [2.75, 3.05) is 7.11 Å². The summed E-state index contributed by atoms with van der Waals surface area (Å²) in [6, 6.07) is 0. The average Bonchev–Trinajstić information content (AvgIpc) is 3.27. The van der Waals surface area contributed by atoms with Gasteiger partial charge in [0.15, 0.2) is 0 Å². The Labute approximate surface area is 218 Å². The van der Waals surface area contributed by atoms with Gasteiger partial charge < -0.3 is 4.74 Å². The maximum atomic E-state index is 13.4. The Morgan fingerprint density at radius 2 is 1.72 bits per heavy atom. The number of allylic oxidation sites excluding steroid dienone is 2. The van der Waals surface area contributed by atoms with Crippen LogP contribution in [0.15, 0.2) is 17.8 Å². The average molecular weight is 493 g/mol. The Morgan fingerprint density at radius 1 is 1.00 bits per heavy atom. The summed E-state index contributed by atoms with van der Waals surface area (Å²) in [5.74, 6) is 1.66. The lowest BCUT2D eigenvalue weighted by molar-refractivity contribution is -0.179. The zero-order valence-electron chi connectivity index (χ0n) is 24.0. The topological polar surface area (TPSA) is 55.0 Å². The lowest BCUT2D eigenvalue weighted by atomic mass is 9.33. The largest absolute Gasteiger partial charge is 0.469 e. The highest BCUT2D eigenvalue weighted by molar-refractivity contribution is 5.78. The van der Waals surface area contributed by atoms with E-state index < -0.39 is 0 Å². The third-order valence-corrected chi connectivity index (χ3v) is 13.3. The maximum absolute atomic E-state index is 13.4. The number of nitrogens with zero attached hydrogens (tertiary/aromatic N) is 1. The van der Waals surface area contributed by atoms with Gasteiger partial charge in [-0.1, -0.05) is 60.1 Å². The predicted molar refractivity (Wildman–Crippen MR) is 143 cm³/mol. The van der Waals surface area contributed by atoms with Gasteiger partial charge in [-0.15, -0.1) is 0 Å². The van der Waals surface area contributed by atoms with Gasteiger partial charge in [-0.3, -0.25) is 9.89 Å².